The maximum atomic E-state index is 12.2. The summed E-state index contributed by atoms with van der Waals surface area (Å²) in [6, 6.07) is 11.7. The average Bonchev–Trinajstić information content (AvgIpc) is 2.85. The molecule has 1 saturated heterocycles. The Morgan fingerprint density at radius 2 is 2.04 bits per heavy atom. The minimum atomic E-state index is 0.00385. The van der Waals surface area contributed by atoms with Crippen molar-refractivity contribution in [2.75, 3.05) is 25.4 Å². The molecule has 4 rings (SSSR count). The largest absolute Gasteiger partial charge is 0.399 e. The fraction of sp³-hybridized carbons (Fsp3) is 0.200. The van der Waals surface area contributed by atoms with E-state index in [1.165, 1.54) is 0 Å². The maximum Gasteiger partial charge on any atom is 0.267 e. The first-order valence-corrected chi connectivity index (χ1v) is 8.48. The summed E-state index contributed by atoms with van der Waals surface area (Å²) in [4.78, 5) is 18.8. The van der Waals surface area contributed by atoms with Crippen LogP contribution in [0.15, 0.2) is 60.4 Å². The van der Waals surface area contributed by atoms with Gasteiger partial charge in [-0.2, -0.15) is 0 Å². The summed E-state index contributed by atoms with van der Waals surface area (Å²) in [5.74, 6) is 0.00385. The monoisotopic (exact) mass is 332 g/mol. The fourth-order valence-electron chi connectivity index (χ4n) is 3.30. The van der Waals surface area contributed by atoms with Crippen molar-refractivity contribution in [1.82, 2.24) is 15.2 Å². The van der Waals surface area contributed by atoms with Crippen molar-refractivity contribution >= 4 is 17.2 Å². The van der Waals surface area contributed by atoms with Crippen LogP contribution in [-0.4, -0.2) is 35.4 Å². The number of nitrogens with zero attached hydrogens (tertiary/aromatic N) is 2. The molecule has 1 amide bonds. The van der Waals surface area contributed by atoms with E-state index in [-0.39, 0.29) is 5.91 Å². The van der Waals surface area contributed by atoms with Crippen LogP contribution in [0.2, 0.25) is 0 Å². The van der Waals surface area contributed by atoms with Crippen molar-refractivity contribution < 1.29 is 4.79 Å². The van der Waals surface area contributed by atoms with Gasteiger partial charge in [0, 0.05) is 37.1 Å². The predicted molar refractivity (Wildman–Crippen MR) is 99.3 cm³/mol. The van der Waals surface area contributed by atoms with Crippen molar-refractivity contribution in [2.45, 2.75) is 6.42 Å². The van der Waals surface area contributed by atoms with Gasteiger partial charge in [0.2, 0.25) is 0 Å². The number of anilines is 1. The molecule has 0 spiro atoms. The quantitative estimate of drug-likeness (QED) is 0.829. The van der Waals surface area contributed by atoms with Crippen LogP contribution in [0.25, 0.3) is 16.8 Å². The molecular formula is C20H20N4O. The molecule has 3 N–H and O–H groups in total. The summed E-state index contributed by atoms with van der Waals surface area (Å²) >= 11 is 0. The third kappa shape index (κ3) is 3.13. The van der Waals surface area contributed by atoms with Crippen LogP contribution in [-0.2, 0) is 4.79 Å². The number of nitrogens with one attached hydrogen (secondary N) is 1. The van der Waals surface area contributed by atoms with E-state index in [4.69, 9.17) is 5.73 Å². The normalized spacial score (nSPS) is 17.1. The molecule has 3 heterocycles. The summed E-state index contributed by atoms with van der Waals surface area (Å²) in [5.41, 5.74) is 11.3. The van der Waals surface area contributed by atoms with E-state index < -0.39 is 0 Å². The Bertz CT molecular complexity index is 885. The molecule has 0 radical (unpaired) electrons. The molecule has 5 nitrogen and oxygen atoms in total. The lowest BCUT2D eigenvalue weighted by Crippen LogP contribution is -2.45. The Balaban J connectivity index is 1.72. The zero-order valence-corrected chi connectivity index (χ0v) is 13.9. The Kier molecular flexibility index (Phi) is 3.98. The first-order chi connectivity index (χ1) is 12.2. The molecule has 0 aliphatic carbocycles. The van der Waals surface area contributed by atoms with E-state index in [0.717, 1.165) is 53.3 Å². The van der Waals surface area contributed by atoms with Crippen LogP contribution in [0.3, 0.4) is 0 Å². The molecule has 5 heteroatoms. The van der Waals surface area contributed by atoms with E-state index in [1.807, 2.05) is 42.5 Å². The second-order valence-corrected chi connectivity index (χ2v) is 6.28. The van der Waals surface area contributed by atoms with E-state index in [0.29, 0.717) is 6.54 Å². The minimum Gasteiger partial charge on any atom is -0.399 e. The molecule has 0 unspecified atom stereocenters. The molecule has 0 bridgehead atoms. The number of pyridine rings is 1. The number of carbonyl (C=O) groups excluding carboxylic acids is 1. The molecular weight excluding hydrogens is 312 g/mol. The molecule has 2 aromatic rings. The zero-order valence-electron chi connectivity index (χ0n) is 13.9. The predicted octanol–water partition coefficient (Wildman–Crippen LogP) is 2.43. The van der Waals surface area contributed by atoms with Crippen LogP contribution in [0.1, 0.15) is 12.0 Å². The number of fused-ring (bicyclic) bond motifs is 1. The smallest absolute Gasteiger partial charge is 0.267 e. The van der Waals surface area contributed by atoms with Gasteiger partial charge in [-0.25, -0.2) is 0 Å². The second-order valence-electron chi connectivity index (χ2n) is 6.28. The molecule has 1 aromatic carbocycles. The highest BCUT2D eigenvalue weighted by Crippen LogP contribution is 2.27. The second kappa shape index (κ2) is 6.43. The number of rotatable bonds is 2. The lowest BCUT2D eigenvalue weighted by molar-refractivity contribution is -0.120. The highest BCUT2D eigenvalue weighted by molar-refractivity contribution is 5.97. The maximum absolute atomic E-state index is 12.2. The average molecular weight is 332 g/mol. The number of carbonyl (C=O) groups is 1. The topological polar surface area (TPSA) is 71.2 Å². The summed E-state index contributed by atoms with van der Waals surface area (Å²) in [6.45, 7) is 2.44. The van der Waals surface area contributed by atoms with Crippen LogP contribution in [0.5, 0.6) is 0 Å². The molecule has 2 aliphatic heterocycles. The van der Waals surface area contributed by atoms with Gasteiger partial charge in [0.15, 0.2) is 0 Å². The van der Waals surface area contributed by atoms with Gasteiger partial charge in [0.1, 0.15) is 5.70 Å². The van der Waals surface area contributed by atoms with Crippen LogP contribution in [0, 0.1) is 0 Å². The SMILES string of the molecule is Nc1cccc(-c2cc(C3=CCCN4CCNC(=O)C4=C3)ccn2)c1. The third-order valence-corrected chi connectivity index (χ3v) is 4.57. The lowest BCUT2D eigenvalue weighted by Gasteiger charge is -2.30. The standard InChI is InChI=1S/C20H20N4O/c21-17-5-1-3-16(11-17)18-12-15(6-7-22-18)14-4-2-9-24-10-8-23-20(25)19(24)13-14/h1,3-7,11-13H,2,8-10,21H2,(H,23,25). The molecule has 0 saturated carbocycles. The highest BCUT2D eigenvalue weighted by Gasteiger charge is 2.23. The molecule has 2 aliphatic rings. The van der Waals surface area contributed by atoms with Crippen molar-refractivity contribution in [3.05, 3.63) is 66.0 Å². The number of nitrogens with two attached hydrogens (primary N) is 1. The molecule has 1 aromatic heterocycles. The lowest BCUT2D eigenvalue weighted by atomic mass is 10.0. The van der Waals surface area contributed by atoms with Crippen molar-refractivity contribution in [3.8, 4) is 11.3 Å². The number of hydrogen-bond acceptors (Lipinski definition) is 4. The van der Waals surface area contributed by atoms with Gasteiger partial charge >= 0.3 is 0 Å². The van der Waals surface area contributed by atoms with Gasteiger partial charge in [-0.3, -0.25) is 9.78 Å². The number of amides is 1. The number of aromatic nitrogens is 1. The first kappa shape index (κ1) is 15.4. The Morgan fingerprint density at radius 3 is 2.92 bits per heavy atom. The van der Waals surface area contributed by atoms with Gasteiger partial charge < -0.3 is 16.0 Å². The van der Waals surface area contributed by atoms with Crippen molar-refractivity contribution in [3.63, 3.8) is 0 Å². The van der Waals surface area contributed by atoms with Crippen LogP contribution >= 0.6 is 0 Å². The molecule has 25 heavy (non-hydrogen) atoms. The minimum absolute atomic E-state index is 0.00385. The van der Waals surface area contributed by atoms with Crippen LogP contribution in [0.4, 0.5) is 5.69 Å². The Morgan fingerprint density at radius 1 is 1.12 bits per heavy atom. The first-order valence-electron chi connectivity index (χ1n) is 8.48. The molecule has 1 fully saturated rings. The number of allylic oxidation sites excluding steroid dienone is 2. The van der Waals surface area contributed by atoms with Gasteiger partial charge in [0.05, 0.1) is 5.69 Å². The number of piperazine rings is 1. The van der Waals surface area contributed by atoms with E-state index in [9.17, 15) is 4.79 Å². The summed E-state index contributed by atoms with van der Waals surface area (Å²) in [5, 5.41) is 2.92. The molecule has 0 atom stereocenters. The van der Waals surface area contributed by atoms with Gasteiger partial charge in [0.25, 0.3) is 5.91 Å². The summed E-state index contributed by atoms with van der Waals surface area (Å²) in [6.07, 6.45) is 6.90. The van der Waals surface area contributed by atoms with Gasteiger partial charge in [-0.15, -0.1) is 0 Å². The van der Waals surface area contributed by atoms with Crippen molar-refractivity contribution in [2.24, 2.45) is 0 Å². The van der Waals surface area contributed by atoms with Crippen molar-refractivity contribution in [1.29, 1.82) is 0 Å². The Hall–Kier alpha value is -3.08. The van der Waals surface area contributed by atoms with E-state index in [2.05, 4.69) is 21.3 Å². The Labute approximate surface area is 146 Å². The number of nitrogen functional groups attached to an aromatic ring is 1. The van der Waals surface area contributed by atoms with Gasteiger partial charge in [-0.1, -0.05) is 18.2 Å². The van der Waals surface area contributed by atoms with E-state index >= 15 is 0 Å². The van der Waals surface area contributed by atoms with Crippen LogP contribution < -0.4 is 11.1 Å². The summed E-state index contributed by atoms with van der Waals surface area (Å²) < 4.78 is 0. The van der Waals surface area contributed by atoms with Gasteiger partial charge in [-0.05, 0) is 47.9 Å². The third-order valence-electron chi connectivity index (χ3n) is 4.57. The highest BCUT2D eigenvalue weighted by atomic mass is 16.2. The number of hydrogen-bond donors (Lipinski definition) is 2. The fourth-order valence-corrected chi connectivity index (χ4v) is 3.30. The van der Waals surface area contributed by atoms with E-state index in [1.54, 1.807) is 6.20 Å². The summed E-state index contributed by atoms with van der Waals surface area (Å²) in [7, 11) is 0. The number of benzene rings is 1. The zero-order chi connectivity index (χ0) is 17.2. The molecule has 126 valence electrons.